The Balaban J connectivity index is 1.59. The van der Waals surface area contributed by atoms with E-state index < -0.39 is 0 Å². The van der Waals surface area contributed by atoms with Gasteiger partial charge in [0.15, 0.2) is 0 Å². The van der Waals surface area contributed by atoms with Crippen molar-refractivity contribution < 1.29 is 0 Å². The van der Waals surface area contributed by atoms with Gasteiger partial charge in [-0.05, 0) is 59.9 Å². The predicted molar refractivity (Wildman–Crippen MR) is 180 cm³/mol. The zero-order valence-corrected chi connectivity index (χ0v) is 24.1. The summed E-state index contributed by atoms with van der Waals surface area (Å²) in [6.45, 7) is 0. The van der Waals surface area contributed by atoms with Crippen molar-refractivity contribution in [2.24, 2.45) is 0 Å². The topological polar surface area (TPSA) is 6.25 Å². The van der Waals surface area contributed by atoms with Gasteiger partial charge in [0.25, 0.3) is 0 Å². The fraction of sp³-hybridized carbons (Fsp3) is 0.0238. The van der Waals surface area contributed by atoms with Gasteiger partial charge in [-0.15, -0.1) is 0 Å². The number of fused-ring (bicyclic) bond motifs is 6. The minimum Gasteiger partial charge on any atom is -0.319 e. The number of hydrogen-bond donors (Lipinski definition) is 0. The third-order valence-electron chi connectivity index (χ3n) is 9.12. The zero-order chi connectivity index (χ0) is 29.0. The Morgan fingerprint density at radius 2 is 0.932 bits per heavy atom. The second kappa shape index (κ2) is 9.93. The Bertz CT molecular complexity index is 2600. The molecule has 2 aliphatic carbocycles. The molecule has 0 bridgehead atoms. The van der Waals surface area contributed by atoms with E-state index in [0.29, 0.717) is 0 Å². The maximum absolute atomic E-state index is 2.51. The smallest absolute Gasteiger partial charge is 0.235 e. The Hall–Kier alpha value is -5.73. The molecule has 1 heterocycles. The first-order valence-corrected chi connectivity index (χ1v) is 15.2. The van der Waals surface area contributed by atoms with Crippen LogP contribution in [0.5, 0.6) is 0 Å². The average molecular weight is 562 g/mol. The van der Waals surface area contributed by atoms with Crippen LogP contribution in [0.25, 0.3) is 0 Å². The maximum Gasteiger partial charge on any atom is 0.235 e. The van der Waals surface area contributed by atoms with Crippen LogP contribution in [0, 0.1) is 41.7 Å². The highest BCUT2D eigenvalue weighted by molar-refractivity contribution is 6.11. The van der Waals surface area contributed by atoms with E-state index in [4.69, 9.17) is 0 Å². The highest BCUT2D eigenvalue weighted by Crippen LogP contribution is 2.43. The van der Waals surface area contributed by atoms with Gasteiger partial charge in [-0.2, -0.15) is 4.58 Å². The molecule has 0 saturated carbocycles. The van der Waals surface area contributed by atoms with Gasteiger partial charge in [0.1, 0.15) is 11.7 Å². The summed E-state index contributed by atoms with van der Waals surface area (Å²) in [4.78, 5) is 2.51. The van der Waals surface area contributed by atoms with Gasteiger partial charge in [0.2, 0.25) is 17.1 Å². The molecular formula is C42H29N2+. The van der Waals surface area contributed by atoms with E-state index in [1.54, 1.807) is 0 Å². The van der Waals surface area contributed by atoms with Crippen LogP contribution >= 0.6 is 0 Å². The summed E-state index contributed by atoms with van der Waals surface area (Å²) in [6, 6.07) is 53.2. The molecule has 2 nitrogen and oxygen atoms in total. The van der Waals surface area contributed by atoms with Crippen LogP contribution in [-0.4, -0.2) is 11.8 Å². The molecule has 2 heteroatoms. The van der Waals surface area contributed by atoms with Crippen LogP contribution in [0.3, 0.4) is 0 Å². The van der Waals surface area contributed by atoms with Crippen LogP contribution in [0.2, 0.25) is 0 Å². The van der Waals surface area contributed by atoms with Gasteiger partial charge in [-0.25, -0.2) is 0 Å². The molecule has 44 heavy (non-hydrogen) atoms. The minimum absolute atomic E-state index is 0.0463. The molecule has 0 fully saturated rings. The molecule has 3 aliphatic rings. The minimum atomic E-state index is 0.0463. The lowest BCUT2D eigenvalue weighted by Crippen LogP contribution is -2.44. The molecule has 0 saturated heterocycles. The number of allylic oxidation sites excluding steroid dienone is 2. The van der Waals surface area contributed by atoms with Crippen molar-refractivity contribution in [3.05, 3.63) is 212 Å². The molecule has 6 aromatic carbocycles. The average Bonchev–Trinajstić information content (AvgIpc) is 3.10. The number of hydrogen-bond acceptors (Lipinski definition) is 1. The Morgan fingerprint density at radius 1 is 0.455 bits per heavy atom. The van der Waals surface area contributed by atoms with E-state index in [1.165, 1.54) is 64.5 Å². The first-order valence-electron chi connectivity index (χ1n) is 15.2. The second-order valence-electron chi connectivity index (χ2n) is 11.5. The predicted octanol–water partition coefficient (Wildman–Crippen LogP) is 9.07. The van der Waals surface area contributed by atoms with Crippen LogP contribution in [0.15, 0.2) is 170 Å². The lowest BCUT2D eigenvalue weighted by molar-refractivity contribution is 0.894. The van der Waals surface area contributed by atoms with Crippen molar-refractivity contribution in [2.45, 2.75) is 6.04 Å². The summed E-state index contributed by atoms with van der Waals surface area (Å²) in [5.41, 5.74) is 5.93. The van der Waals surface area contributed by atoms with E-state index in [0.717, 1.165) is 5.69 Å². The molecule has 1 unspecified atom stereocenters. The summed E-state index contributed by atoms with van der Waals surface area (Å²) in [5.74, 6) is 0. The zero-order valence-electron chi connectivity index (χ0n) is 24.1. The molecule has 1 aliphatic heterocycles. The lowest BCUT2D eigenvalue weighted by Gasteiger charge is -2.35. The summed E-state index contributed by atoms with van der Waals surface area (Å²) < 4.78 is 2.46. The Morgan fingerprint density at radius 3 is 1.50 bits per heavy atom. The van der Waals surface area contributed by atoms with Gasteiger partial charge >= 0.3 is 0 Å². The number of anilines is 2. The Kier molecular flexibility index (Phi) is 5.60. The third-order valence-corrected chi connectivity index (χ3v) is 9.12. The van der Waals surface area contributed by atoms with E-state index >= 15 is 0 Å². The van der Waals surface area contributed by atoms with Crippen LogP contribution in [0.1, 0.15) is 0 Å². The number of nitrogens with zero attached hydrogens (tertiary/aromatic N) is 2. The van der Waals surface area contributed by atoms with Crippen molar-refractivity contribution in [2.75, 3.05) is 4.90 Å². The summed E-state index contributed by atoms with van der Waals surface area (Å²) in [7, 11) is 0. The first-order chi connectivity index (χ1) is 21.9. The summed E-state index contributed by atoms with van der Waals surface area (Å²) in [5, 5.41) is 10.0. The normalized spacial score (nSPS) is 15.6. The molecule has 1 atom stereocenters. The van der Waals surface area contributed by atoms with E-state index in [-0.39, 0.29) is 6.04 Å². The molecule has 9 rings (SSSR count). The van der Waals surface area contributed by atoms with E-state index in [2.05, 4.69) is 179 Å². The first kappa shape index (κ1) is 24.8. The molecule has 6 aromatic rings. The number of para-hydroxylation sites is 2. The summed E-state index contributed by atoms with van der Waals surface area (Å²) in [6.07, 6.45) is 8.92. The fourth-order valence-electron chi connectivity index (χ4n) is 7.24. The maximum atomic E-state index is 2.51. The third kappa shape index (κ3) is 3.71. The molecule has 0 spiro atoms. The van der Waals surface area contributed by atoms with E-state index in [1.807, 2.05) is 0 Å². The Labute approximate surface area is 255 Å². The van der Waals surface area contributed by atoms with Crippen molar-refractivity contribution in [1.29, 1.82) is 0 Å². The van der Waals surface area contributed by atoms with Gasteiger partial charge < -0.3 is 4.90 Å². The molecule has 0 radical (unpaired) electrons. The van der Waals surface area contributed by atoms with Crippen LogP contribution in [0.4, 0.5) is 22.7 Å². The SMILES string of the molecule is C1=CC2=[N+](c3ccccc3)c3cc4c(cc3N(c3ccccc3)C2C=C1)=c1ccccc1=c1ccccc1=c1ccccc1=4. The second-order valence-corrected chi connectivity index (χ2v) is 11.5. The van der Waals surface area contributed by atoms with Crippen molar-refractivity contribution in [1.82, 2.24) is 4.58 Å². The highest BCUT2D eigenvalue weighted by Gasteiger charge is 2.40. The van der Waals surface area contributed by atoms with Crippen LogP contribution < -0.4 is 9.48 Å². The largest absolute Gasteiger partial charge is 0.319 e. The molecular weight excluding hydrogens is 532 g/mol. The van der Waals surface area contributed by atoms with Crippen molar-refractivity contribution in [3.8, 4) is 0 Å². The molecule has 206 valence electrons. The van der Waals surface area contributed by atoms with Crippen molar-refractivity contribution >= 4 is 28.5 Å². The monoisotopic (exact) mass is 561 g/mol. The number of benzene rings is 6. The standard InChI is InChI=1S/C42H29N2/c1-3-15-29(16-4-1)43-39-25-13-14-26-40(39)44(30-17-5-2-6-18-30)42-28-38-36-24-12-10-22-34(36)32-20-8-7-19-31(32)33-21-9-11-23-35(33)37(38)27-41(42)43/h1-28,39H/q+1. The van der Waals surface area contributed by atoms with Gasteiger partial charge in [-0.3, -0.25) is 0 Å². The van der Waals surface area contributed by atoms with Gasteiger partial charge in [0.05, 0.1) is 0 Å². The molecule has 0 amide bonds. The quantitative estimate of drug-likeness (QED) is 0.191. The molecule has 0 N–H and O–H groups in total. The molecule has 0 aromatic heterocycles. The fourth-order valence-corrected chi connectivity index (χ4v) is 7.24. The lowest BCUT2D eigenvalue weighted by atomic mass is 9.95. The van der Waals surface area contributed by atoms with Gasteiger partial charge in [-0.1, -0.05) is 127 Å². The number of rotatable bonds is 2. The van der Waals surface area contributed by atoms with Crippen LogP contribution in [-0.2, 0) is 0 Å². The van der Waals surface area contributed by atoms with Crippen molar-refractivity contribution in [3.63, 3.8) is 0 Å². The highest BCUT2D eigenvalue weighted by atomic mass is 15.2. The summed E-state index contributed by atoms with van der Waals surface area (Å²) >= 11 is 0. The van der Waals surface area contributed by atoms with E-state index in [9.17, 15) is 0 Å². The van der Waals surface area contributed by atoms with Gasteiger partial charge in [0, 0.05) is 30.0 Å².